The second kappa shape index (κ2) is 6.07. The Labute approximate surface area is 118 Å². The Morgan fingerprint density at radius 1 is 1.41 bits per heavy atom. The topological polar surface area (TPSA) is 29.5 Å². The van der Waals surface area contributed by atoms with Crippen molar-refractivity contribution >= 4 is 28.7 Å². The molecule has 0 aliphatic carbocycles. The number of rotatable bonds is 1. The first-order valence-corrected chi connectivity index (χ1v) is 7.38. The maximum atomic E-state index is 12.2. The highest BCUT2D eigenvalue weighted by atomic mass is 127. The van der Waals surface area contributed by atoms with Gasteiger partial charge in [-0.05, 0) is 51.0 Å². The summed E-state index contributed by atoms with van der Waals surface area (Å²) in [5, 5.41) is 0. The number of carbonyl (C=O) groups excluding carboxylic acids is 1. The van der Waals surface area contributed by atoms with Crippen molar-refractivity contribution < 1.29 is 9.53 Å². The molecule has 0 aromatic rings. The summed E-state index contributed by atoms with van der Waals surface area (Å²) in [6.45, 7) is 7.81. The van der Waals surface area contributed by atoms with E-state index >= 15 is 0 Å². The Balaban J connectivity index is 2.78. The molecule has 0 unspecified atom stereocenters. The van der Waals surface area contributed by atoms with Crippen LogP contribution in [0.25, 0.3) is 0 Å². The minimum Gasteiger partial charge on any atom is -0.444 e. The van der Waals surface area contributed by atoms with Crippen LogP contribution in [0.1, 0.15) is 47.0 Å². The summed E-state index contributed by atoms with van der Waals surface area (Å²) in [5.41, 5.74) is -0.424. The smallest absolute Gasteiger partial charge is 0.411 e. The van der Waals surface area contributed by atoms with Crippen molar-refractivity contribution in [1.82, 2.24) is 4.90 Å². The lowest BCUT2D eigenvalue weighted by atomic mass is 9.97. The third-order valence-electron chi connectivity index (χ3n) is 2.85. The van der Waals surface area contributed by atoms with Gasteiger partial charge in [0, 0.05) is 6.04 Å². The third-order valence-corrected chi connectivity index (χ3v) is 3.27. The molecular formula is C13H22INO2. The van der Waals surface area contributed by atoms with E-state index in [0.717, 1.165) is 12.8 Å². The average molecular weight is 351 g/mol. The quantitative estimate of drug-likeness (QED) is 0.666. The molecule has 0 spiro atoms. The maximum absolute atomic E-state index is 12.2. The van der Waals surface area contributed by atoms with Crippen LogP contribution in [0.2, 0.25) is 0 Å². The molecule has 1 aliphatic heterocycles. The van der Waals surface area contributed by atoms with E-state index in [0.29, 0.717) is 0 Å². The lowest BCUT2D eigenvalue weighted by Crippen LogP contribution is -2.49. The van der Waals surface area contributed by atoms with Crippen LogP contribution in [-0.2, 0) is 4.74 Å². The fourth-order valence-electron chi connectivity index (χ4n) is 2.13. The summed E-state index contributed by atoms with van der Waals surface area (Å²) >= 11 is 2.20. The fourth-order valence-corrected chi connectivity index (χ4v) is 2.61. The van der Waals surface area contributed by atoms with E-state index in [4.69, 9.17) is 4.74 Å². The van der Waals surface area contributed by atoms with E-state index in [1.54, 1.807) is 0 Å². The number of carbonyl (C=O) groups is 1. The average Bonchev–Trinajstić information content (AvgIpc) is 2.15. The van der Waals surface area contributed by atoms with Crippen molar-refractivity contribution in [2.24, 2.45) is 0 Å². The van der Waals surface area contributed by atoms with Crippen molar-refractivity contribution in [3.63, 3.8) is 0 Å². The normalized spacial score (nSPS) is 26.3. The van der Waals surface area contributed by atoms with Crippen LogP contribution in [0.5, 0.6) is 0 Å². The number of piperidine rings is 1. The van der Waals surface area contributed by atoms with Gasteiger partial charge in [0.1, 0.15) is 5.60 Å². The standard InChI is InChI=1S/C13H22INO2/c1-10-6-5-7-11(8-9-14)15(10)12(16)17-13(2,3)4/h8-11H,5-7H2,1-4H3/b9-8+/t10-,11-/m0/s1. The molecule has 0 saturated carbocycles. The molecule has 0 N–H and O–H groups in total. The highest BCUT2D eigenvalue weighted by Gasteiger charge is 2.33. The van der Waals surface area contributed by atoms with Gasteiger partial charge in [-0.15, -0.1) is 0 Å². The maximum Gasteiger partial charge on any atom is 0.411 e. The molecular weight excluding hydrogens is 329 g/mol. The minimum absolute atomic E-state index is 0.186. The zero-order chi connectivity index (χ0) is 13.1. The summed E-state index contributed by atoms with van der Waals surface area (Å²) in [7, 11) is 0. The third kappa shape index (κ3) is 4.48. The number of ether oxygens (including phenoxy) is 1. The largest absolute Gasteiger partial charge is 0.444 e. The molecule has 4 heteroatoms. The number of likely N-dealkylation sites (tertiary alicyclic amines) is 1. The van der Waals surface area contributed by atoms with Crippen LogP contribution in [-0.4, -0.2) is 28.7 Å². The van der Waals surface area contributed by atoms with E-state index in [2.05, 4.69) is 35.6 Å². The molecule has 1 saturated heterocycles. The van der Waals surface area contributed by atoms with E-state index in [1.165, 1.54) is 6.42 Å². The summed E-state index contributed by atoms with van der Waals surface area (Å²) in [4.78, 5) is 14.1. The van der Waals surface area contributed by atoms with Crippen LogP contribution >= 0.6 is 22.6 Å². The lowest BCUT2D eigenvalue weighted by molar-refractivity contribution is 0.00364. The zero-order valence-corrected chi connectivity index (χ0v) is 13.2. The highest BCUT2D eigenvalue weighted by Crippen LogP contribution is 2.26. The SMILES string of the molecule is C[C@H]1CCC[C@@H](/C=C/I)N1C(=O)OC(C)(C)C. The first kappa shape index (κ1) is 14.8. The monoisotopic (exact) mass is 351 g/mol. The molecule has 0 aromatic heterocycles. The molecule has 3 nitrogen and oxygen atoms in total. The minimum atomic E-state index is -0.424. The van der Waals surface area contributed by atoms with E-state index in [1.807, 2.05) is 29.8 Å². The molecule has 1 fully saturated rings. The summed E-state index contributed by atoms with van der Waals surface area (Å²) in [6, 6.07) is 0.446. The Hall–Kier alpha value is -0.260. The first-order chi connectivity index (χ1) is 7.85. The molecule has 1 rings (SSSR count). The van der Waals surface area contributed by atoms with Gasteiger partial charge < -0.3 is 4.74 Å². The number of hydrogen-bond donors (Lipinski definition) is 0. The van der Waals surface area contributed by atoms with Gasteiger partial charge in [-0.2, -0.15) is 0 Å². The van der Waals surface area contributed by atoms with Crippen LogP contribution in [0.3, 0.4) is 0 Å². The Morgan fingerprint density at radius 3 is 2.59 bits per heavy atom. The summed E-state index contributed by atoms with van der Waals surface area (Å²) in [5.74, 6) is 0. The van der Waals surface area contributed by atoms with Crippen molar-refractivity contribution in [1.29, 1.82) is 0 Å². The lowest BCUT2D eigenvalue weighted by Gasteiger charge is -2.39. The molecule has 1 aliphatic rings. The van der Waals surface area contributed by atoms with Gasteiger partial charge in [0.05, 0.1) is 6.04 Å². The highest BCUT2D eigenvalue weighted by molar-refractivity contribution is 14.1. The second-order valence-electron chi connectivity index (χ2n) is 5.55. The van der Waals surface area contributed by atoms with Gasteiger partial charge in [-0.1, -0.05) is 28.7 Å². The van der Waals surface area contributed by atoms with Crippen molar-refractivity contribution in [3.05, 3.63) is 10.2 Å². The van der Waals surface area contributed by atoms with Gasteiger partial charge >= 0.3 is 6.09 Å². The molecule has 1 amide bonds. The van der Waals surface area contributed by atoms with Crippen LogP contribution in [0, 0.1) is 0 Å². The summed E-state index contributed by atoms with van der Waals surface area (Å²) < 4.78 is 7.46. The number of nitrogens with zero attached hydrogens (tertiary/aromatic N) is 1. The van der Waals surface area contributed by atoms with Crippen LogP contribution in [0.15, 0.2) is 10.2 Å². The van der Waals surface area contributed by atoms with Gasteiger partial charge in [-0.25, -0.2) is 4.79 Å². The first-order valence-electron chi connectivity index (χ1n) is 6.13. The Kier molecular flexibility index (Phi) is 5.28. The molecule has 2 atom stereocenters. The zero-order valence-electron chi connectivity index (χ0n) is 11.1. The van der Waals surface area contributed by atoms with Crippen LogP contribution in [0.4, 0.5) is 4.79 Å². The number of halogens is 1. The second-order valence-corrected chi connectivity index (χ2v) is 6.27. The van der Waals surface area contributed by atoms with E-state index < -0.39 is 5.60 Å². The molecule has 0 aromatic carbocycles. The van der Waals surface area contributed by atoms with Crippen molar-refractivity contribution in [3.8, 4) is 0 Å². The predicted octanol–water partition coefficient (Wildman–Crippen LogP) is 4.11. The molecule has 0 radical (unpaired) electrons. The predicted molar refractivity (Wildman–Crippen MR) is 78.3 cm³/mol. The van der Waals surface area contributed by atoms with Crippen molar-refractivity contribution in [2.75, 3.05) is 0 Å². The van der Waals surface area contributed by atoms with Crippen molar-refractivity contribution in [2.45, 2.75) is 64.6 Å². The molecule has 17 heavy (non-hydrogen) atoms. The summed E-state index contributed by atoms with van der Waals surface area (Å²) in [6.07, 6.45) is 5.16. The Morgan fingerprint density at radius 2 is 2.06 bits per heavy atom. The van der Waals surface area contributed by atoms with Gasteiger partial charge in [0.25, 0.3) is 0 Å². The number of amides is 1. The molecule has 1 heterocycles. The van der Waals surface area contributed by atoms with E-state index in [-0.39, 0.29) is 18.2 Å². The fraction of sp³-hybridized carbons (Fsp3) is 0.769. The molecule has 98 valence electrons. The Bertz CT molecular complexity index is 296. The van der Waals surface area contributed by atoms with Crippen LogP contribution < -0.4 is 0 Å². The van der Waals surface area contributed by atoms with Gasteiger partial charge in [0.15, 0.2) is 0 Å². The molecule has 0 bridgehead atoms. The van der Waals surface area contributed by atoms with E-state index in [9.17, 15) is 4.79 Å². The number of hydrogen-bond acceptors (Lipinski definition) is 2. The van der Waals surface area contributed by atoms with Gasteiger partial charge in [0.2, 0.25) is 0 Å². The van der Waals surface area contributed by atoms with Gasteiger partial charge in [-0.3, -0.25) is 4.90 Å².